The van der Waals surface area contributed by atoms with Crippen LogP contribution in [0.5, 0.6) is 5.75 Å². The largest absolute Gasteiger partial charge is 0.490 e. The summed E-state index contributed by atoms with van der Waals surface area (Å²) in [7, 11) is 1.73. The highest BCUT2D eigenvalue weighted by molar-refractivity contribution is 5.80. The second kappa shape index (κ2) is 10.3. The van der Waals surface area contributed by atoms with Crippen LogP contribution in [-0.2, 0) is 13.1 Å². The highest BCUT2D eigenvalue weighted by Gasteiger charge is 2.22. The van der Waals surface area contributed by atoms with Gasteiger partial charge in [-0.1, -0.05) is 30.3 Å². The molecule has 1 aliphatic rings. The molecule has 32 heavy (non-hydrogen) atoms. The zero-order valence-electron chi connectivity index (χ0n) is 18.6. The molecule has 0 radical (unpaired) electrons. The Balaban J connectivity index is 1.27. The zero-order valence-corrected chi connectivity index (χ0v) is 18.6. The van der Waals surface area contributed by atoms with Gasteiger partial charge in [0.2, 0.25) is 0 Å². The van der Waals surface area contributed by atoms with Gasteiger partial charge in [0.15, 0.2) is 17.5 Å². The maximum Gasteiger partial charge on any atom is 0.191 e. The van der Waals surface area contributed by atoms with Crippen LogP contribution in [0.25, 0.3) is 0 Å². The van der Waals surface area contributed by atoms with E-state index in [1.807, 2.05) is 30.1 Å². The van der Waals surface area contributed by atoms with Gasteiger partial charge < -0.3 is 19.9 Å². The molecule has 168 valence electrons. The van der Waals surface area contributed by atoms with Crippen molar-refractivity contribution in [2.75, 3.05) is 13.7 Å². The summed E-state index contributed by atoms with van der Waals surface area (Å²) in [5, 5.41) is 6.64. The van der Waals surface area contributed by atoms with Crippen LogP contribution in [0.2, 0.25) is 0 Å². The van der Waals surface area contributed by atoms with E-state index >= 15 is 0 Å². The van der Waals surface area contributed by atoms with Gasteiger partial charge in [-0.25, -0.2) is 9.37 Å². The van der Waals surface area contributed by atoms with E-state index < -0.39 is 0 Å². The van der Waals surface area contributed by atoms with Crippen LogP contribution < -0.4 is 15.4 Å². The lowest BCUT2D eigenvalue weighted by atomic mass is 10.1. The molecule has 4 rings (SSSR count). The Morgan fingerprint density at radius 2 is 2.00 bits per heavy atom. The minimum atomic E-state index is -0.324. The number of aromatic nitrogens is 2. The normalized spacial score (nSPS) is 14.8. The second-order valence-corrected chi connectivity index (χ2v) is 8.29. The molecule has 1 saturated carbocycles. The standard InChI is InChI=1S/C25H30FN5O/c1-18(22-9-10-24(23(26)13-22)32-16-21-7-8-21)30-25(27-2)29-14-19-3-5-20(6-4-19)15-31-12-11-28-17-31/h3-6,9-13,17-18,21H,7-8,14-16H2,1-2H3,(H2,27,29,30). The number of imidazole rings is 1. The quantitative estimate of drug-likeness (QED) is 0.389. The summed E-state index contributed by atoms with van der Waals surface area (Å²) in [4.78, 5) is 8.37. The maximum absolute atomic E-state index is 14.4. The first-order valence-corrected chi connectivity index (χ1v) is 11.0. The van der Waals surface area contributed by atoms with Crippen molar-refractivity contribution in [1.82, 2.24) is 20.2 Å². The van der Waals surface area contributed by atoms with Gasteiger partial charge in [-0.15, -0.1) is 0 Å². The van der Waals surface area contributed by atoms with E-state index in [0.717, 1.165) is 17.7 Å². The summed E-state index contributed by atoms with van der Waals surface area (Å²) in [5.74, 6) is 1.26. The number of benzene rings is 2. The van der Waals surface area contributed by atoms with Crippen LogP contribution in [0.15, 0.2) is 66.2 Å². The average molecular weight is 436 g/mol. The summed E-state index contributed by atoms with van der Waals surface area (Å²) >= 11 is 0. The lowest BCUT2D eigenvalue weighted by molar-refractivity contribution is 0.285. The fourth-order valence-corrected chi connectivity index (χ4v) is 3.42. The van der Waals surface area contributed by atoms with Crippen LogP contribution in [-0.4, -0.2) is 29.2 Å². The number of hydrogen-bond donors (Lipinski definition) is 2. The predicted molar refractivity (Wildman–Crippen MR) is 124 cm³/mol. The SMILES string of the molecule is CN=C(NCc1ccc(Cn2ccnc2)cc1)NC(C)c1ccc(OCC2CC2)c(F)c1. The van der Waals surface area contributed by atoms with Crippen LogP contribution in [0.4, 0.5) is 4.39 Å². The Hall–Kier alpha value is -3.35. The Labute approximate surface area is 188 Å². The van der Waals surface area contributed by atoms with Crippen molar-refractivity contribution in [3.05, 3.63) is 83.7 Å². The molecule has 1 fully saturated rings. The van der Waals surface area contributed by atoms with Crippen molar-refractivity contribution in [3.8, 4) is 5.75 Å². The third-order valence-corrected chi connectivity index (χ3v) is 5.61. The molecule has 7 heteroatoms. The van der Waals surface area contributed by atoms with E-state index in [2.05, 4.69) is 44.9 Å². The van der Waals surface area contributed by atoms with E-state index in [0.29, 0.717) is 30.8 Å². The minimum Gasteiger partial charge on any atom is -0.490 e. The molecule has 0 saturated heterocycles. The van der Waals surface area contributed by atoms with Crippen molar-refractivity contribution >= 4 is 5.96 Å². The van der Waals surface area contributed by atoms with Crippen molar-refractivity contribution in [2.24, 2.45) is 10.9 Å². The summed E-state index contributed by atoms with van der Waals surface area (Å²) in [6.45, 7) is 4.03. The third kappa shape index (κ3) is 6.09. The Kier molecular flexibility index (Phi) is 7.04. The maximum atomic E-state index is 14.4. The van der Waals surface area contributed by atoms with Crippen molar-refractivity contribution < 1.29 is 9.13 Å². The smallest absolute Gasteiger partial charge is 0.191 e. The predicted octanol–water partition coefficient (Wildman–Crippen LogP) is 4.29. The molecule has 1 atom stereocenters. The monoisotopic (exact) mass is 435 g/mol. The van der Waals surface area contributed by atoms with Gasteiger partial charge in [-0.2, -0.15) is 0 Å². The highest BCUT2D eigenvalue weighted by atomic mass is 19.1. The van der Waals surface area contributed by atoms with Crippen LogP contribution in [0, 0.1) is 11.7 Å². The van der Waals surface area contributed by atoms with E-state index in [1.54, 1.807) is 19.3 Å². The van der Waals surface area contributed by atoms with E-state index in [4.69, 9.17) is 4.74 Å². The summed E-state index contributed by atoms with van der Waals surface area (Å²) in [6.07, 6.45) is 7.91. The Bertz CT molecular complexity index is 1030. The highest BCUT2D eigenvalue weighted by Crippen LogP contribution is 2.30. The van der Waals surface area contributed by atoms with Crippen LogP contribution in [0.3, 0.4) is 0 Å². The first kappa shape index (κ1) is 21.9. The third-order valence-electron chi connectivity index (χ3n) is 5.61. The molecule has 0 aliphatic heterocycles. The Morgan fingerprint density at radius 3 is 2.66 bits per heavy atom. The second-order valence-electron chi connectivity index (χ2n) is 8.29. The fraction of sp³-hybridized carbons (Fsp3) is 0.360. The first-order valence-electron chi connectivity index (χ1n) is 11.0. The van der Waals surface area contributed by atoms with Gasteiger partial charge in [0.1, 0.15) is 0 Å². The number of guanidine groups is 1. The molecule has 6 nitrogen and oxygen atoms in total. The molecule has 2 aromatic carbocycles. The minimum absolute atomic E-state index is 0.106. The number of aliphatic imine (C=N–C) groups is 1. The number of nitrogens with zero attached hydrogens (tertiary/aromatic N) is 3. The van der Waals surface area contributed by atoms with Gasteiger partial charge in [0, 0.05) is 32.5 Å². The van der Waals surface area contributed by atoms with E-state index in [9.17, 15) is 4.39 Å². The first-order chi connectivity index (χ1) is 15.6. The van der Waals surface area contributed by atoms with Crippen molar-refractivity contribution in [3.63, 3.8) is 0 Å². The fourth-order valence-electron chi connectivity index (χ4n) is 3.42. The molecule has 1 aromatic heterocycles. The number of halogens is 1. The van der Waals surface area contributed by atoms with E-state index in [1.165, 1.54) is 24.5 Å². The van der Waals surface area contributed by atoms with Gasteiger partial charge in [-0.05, 0) is 54.5 Å². The lowest BCUT2D eigenvalue weighted by Gasteiger charge is -2.19. The topological polar surface area (TPSA) is 63.5 Å². The van der Waals surface area contributed by atoms with Crippen molar-refractivity contribution in [2.45, 2.75) is 38.9 Å². The Morgan fingerprint density at radius 1 is 1.22 bits per heavy atom. The molecular weight excluding hydrogens is 405 g/mol. The van der Waals surface area contributed by atoms with Crippen LogP contribution >= 0.6 is 0 Å². The molecular formula is C25H30FN5O. The lowest BCUT2D eigenvalue weighted by Crippen LogP contribution is -2.38. The molecule has 1 unspecified atom stereocenters. The van der Waals surface area contributed by atoms with E-state index in [-0.39, 0.29) is 11.9 Å². The van der Waals surface area contributed by atoms with Gasteiger partial charge in [0.05, 0.1) is 19.0 Å². The molecule has 1 heterocycles. The summed E-state index contributed by atoms with van der Waals surface area (Å²) in [5.41, 5.74) is 3.21. The van der Waals surface area contributed by atoms with Crippen LogP contribution in [0.1, 0.15) is 42.5 Å². The van der Waals surface area contributed by atoms with Crippen molar-refractivity contribution in [1.29, 1.82) is 0 Å². The molecule has 3 aromatic rings. The molecule has 0 amide bonds. The molecule has 1 aliphatic carbocycles. The number of rotatable bonds is 9. The summed E-state index contributed by atoms with van der Waals surface area (Å²) < 4.78 is 22.0. The average Bonchev–Trinajstić information content (AvgIpc) is 3.50. The van der Waals surface area contributed by atoms with Gasteiger partial charge in [-0.3, -0.25) is 4.99 Å². The number of ether oxygens (including phenoxy) is 1. The molecule has 2 N–H and O–H groups in total. The molecule has 0 bridgehead atoms. The number of hydrogen-bond acceptors (Lipinski definition) is 3. The van der Waals surface area contributed by atoms with Gasteiger partial charge >= 0.3 is 0 Å². The zero-order chi connectivity index (χ0) is 22.3. The molecule has 0 spiro atoms. The summed E-state index contributed by atoms with van der Waals surface area (Å²) in [6, 6.07) is 13.5. The van der Waals surface area contributed by atoms with Gasteiger partial charge in [0.25, 0.3) is 0 Å². The number of nitrogens with one attached hydrogen (secondary N) is 2.